The minimum atomic E-state index is -0.0160. The summed E-state index contributed by atoms with van der Waals surface area (Å²) in [6.45, 7) is 7.96. The van der Waals surface area contributed by atoms with E-state index in [0.717, 1.165) is 50.6 Å². The summed E-state index contributed by atoms with van der Waals surface area (Å²) in [5.41, 5.74) is 6.74. The minimum Gasteiger partial charge on any atom is -0.360 e. The zero-order valence-corrected chi connectivity index (χ0v) is 12.3. The number of carbonyl (C=O) groups excluding carboxylic acids is 1. The van der Waals surface area contributed by atoms with Crippen LogP contribution >= 0.6 is 0 Å². The second-order valence-corrected chi connectivity index (χ2v) is 5.46. The molecule has 0 bridgehead atoms. The fourth-order valence-electron chi connectivity index (χ4n) is 2.36. The molecule has 0 aliphatic carbocycles. The highest BCUT2D eigenvalue weighted by molar-refractivity contribution is 5.76. The monoisotopic (exact) mass is 280 g/mol. The van der Waals surface area contributed by atoms with E-state index in [-0.39, 0.29) is 11.9 Å². The molecule has 2 heterocycles. The van der Waals surface area contributed by atoms with Crippen molar-refractivity contribution in [2.75, 3.05) is 26.2 Å². The molecule has 1 amide bonds. The van der Waals surface area contributed by atoms with Crippen LogP contribution in [0.5, 0.6) is 0 Å². The second-order valence-electron chi connectivity index (χ2n) is 5.46. The Morgan fingerprint density at radius 1 is 1.45 bits per heavy atom. The first kappa shape index (κ1) is 15.0. The van der Waals surface area contributed by atoms with Gasteiger partial charge >= 0.3 is 0 Å². The van der Waals surface area contributed by atoms with Gasteiger partial charge in [0.1, 0.15) is 0 Å². The molecule has 1 saturated heterocycles. The molecule has 1 aliphatic rings. The van der Waals surface area contributed by atoms with Gasteiger partial charge in [-0.25, -0.2) is 0 Å². The molecule has 112 valence electrons. The molecule has 1 atom stereocenters. The van der Waals surface area contributed by atoms with Crippen LogP contribution in [0.2, 0.25) is 0 Å². The summed E-state index contributed by atoms with van der Waals surface area (Å²) in [7, 11) is 0. The zero-order valence-electron chi connectivity index (χ0n) is 12.3. The Hall–Kier alpha value is -1.40. The molecule has 20 heavy (non-hydrogen) atoms. The first-order valence-corrected chi connectivity index (χ1v) is 7.26. The summed E-state index contributed by atoms with van der Waals surface area (Å²) in [5.74, 6) is 1.06. The van der Waals surface area contributed by atoms with Crippen LogP contribution in [0.15, 0.2) is 10.6 Å². The fraction of sp³-hybridized carbons (Fsp3) is 0.714. The predicted molar refractivity (Wildman–Crippen MR) is 76.0 cm³/mol. The van der Waals surface area contributed by atoms with Crippen LogP contribution in [-0.4, -0.2) is 53.1 Å². The maximum absolute atomic E-state index is 12.0. The average molecular weight is 280 g/mol. The van der Waals surface area contributed by atoms with Gasteiger partial charge in [0.05, 0.1) is 12.2 Å². The topological polar surface area (TPSA) is 75.6 Å². The van der Waals surface area contributed by atoms with Gasteiger partial charge in [0.25, 0.3) is 0 Å². The Bertz CT molecular complexity index is 438. The van der Waals surface area contributed by atoms with Gasteiger partial charge in [-0.05, 0) is 13.3 Å². The van der Waals surface area contributed by atoms with E-state index in [9.17, 15) is 4.79 Å². The zero-order chi connectivity index (χ0) is 14.5. The fourth-order valence-corrected chi connectivity index (χ4v) is 2.36. The van der Waals surface area contributed by atoms with Crippen LogP contribution in [-0.2, 0) is 11.3 Å². The third kappa shape index (κ3) is 4.05. The summed E-state index contributed by atoms with van der Waals surface area (Å²) >= 11 is 0. The minimum absolute atomic E-state index is 0.0160. The van der Waals surface area contributed by atoms with Crippen LogP contribution in [0.1, 0.15) is 31.2 Å². The van der Waals surface area contributed by atoms with Crippen molar-refractivity contribution in [2.24, 2.45) is 5.73 Å². The lowest BCUT2D eigenvalue weighted by Crippen LogP contribution is -2.49. The number of amides is 1. The molecule has 1 aromatic rings. The van der Waals surface area contributed by atoms with Crippen LogP contribution < -0.4 is 5.73 Å². The molecule has 1 aliphatic heterocycles. The van der Waals surface area contributed by atoms with E-state index in [4.69, 9.17) is 10.3 Å². The Morgan fingerprint density at radius 2 is 2.15 bits per heavy atom. The number of aromatic nitrogens is 1. The van der Waals surface area contributed by atoms with Crippen LogP contribution in [0, 0.1) is 6.92 Å². The van der Waals surface area contributed by atoms with Gasteiger partial charge in [0.15, 0.2) is 5.76 Å². The quantitative estimate of drug-likeness (QED) is 0.861. The van der Waals surface area contributed by atoms with Gasteiger partial charge in [-0.1, -0.05) is 12.1 Å². The molecule has 0 saturated carbocycles. The molecule has 2 N–H and O–H groups in total. The second kappa shape index (κ2) is 6.85. The third-order valence-electron chi connectivity index (χ3n) is 3.74. The Labute approximate surface area is 119 Å². The summed E-state index contributed by atoms with van der Waals surface area (Å²) in [5, 5.41) is 3.89. The van der Waals surface area contributed by atoms with E-state index in [1.54, 1.807) is 0 Å². The number of rotatable bonds is 5. The van der Waals surface area contributed by atoms with Crippen LogP contribution in [0.4, 0.5) is 0 Å². The third-order valence-corrected chi connectivity index (χ3v) is 3.74. The number of piperazine rings is 1. The van der Waals surface area contributed by atoms with E-state index in [1.165, 1.54) is 0 Å². The van der Waals surface area contributed by atoms with E-state index in [1.807, 2.05) is 24.8 Å². The summed E-state index contributed by atoms with van der Waals surface area (Å²) in [4.78, 5) is 16.2. The van der Waals surface area contributed by atoms with Crippen molar-refractivity contribution in [1.29, 1.82) is 0 Å². The molecule has 1 fully saturated rings. The van der Waals surface area contributed by atoms with E-state index >= 15 is 0 Å². The van der Waals surface area contributed by atoms with Crippen molar-refractivity contribution >= 4 is 5.91 Å². The molecule has 1 unspecified atom stereocenters. The van der Waals surface area contributed by atoms with Crippen molar-refractivity contribution in [3.63, 3.8) is 0 Å². The van der Waals surface area contributed by atoms with Crippen molar-refractivity contribution in [3.05, 3.63) is 17.5 Å². The van der Waals surface area contributed by atoms with Crippen LogP contribution in [0.25, 0.3) is 0 Å². The van der Waals surface area contributed by atoms with Crippen molar-refractivity contribution < 1.29 is 9.32 Å². The first-order valence-electron chi connectivity index (χ1n) is 7.26. The number of carbonyl (C=O) groups is 1. The van der Waals surface area contributed by atoms with Gasteiger partial charge in [-0.2, -0.15) is 0 Å². The van der Waals surface area contributed by atoms with E-state index < -0.39 is 0 Å². The number of aryl methyl sites for hydroxylation is 1. The van der Waals surface area contributed by atoms with Gasteiger partial charge in [-0.3, -0.25) is 9.69 Å². The van der Waals surface area contributed by atoms with E-state index in [2.05, 4.69) is 10.1 Å². The van der Waals surface area contributed by atoms with Crippen LogP contribution in [0.3, 0.4) is 0 Å². The van der Waals surface area contributed by atoms with Crippen molar-refractivity contribution in [2.45, 2.75) is 39.3 Å². The lowest BCUT2D eigenvalue weighted by atomic mass is 10.1. The normalized spacial score (nSPS) is 18.2. The molecule has 6 nitrogen and oxygen atoms in total. The highest BCUT2D eigenvalue weighted by Gasteiger charge is 2.22. The largest absolute Gasteiger partial charge is 0.360 e. The highest BCUT2D eigenvalue weighted by Crippen LogP contribution is 2.11. The Kier molecular flexibility index (Phi) is 5.14. The molecule has 6 heteroatoms. The maximum Gasteiger partial charge on any atom is 0.224 e. The SMILES string of the molecule is CCC(N)CC(=O)N1CCN(Cc2cc(C)no2)CC1. The summed E-state index contributed by atoms with van der Waals surface area (Å²) < 4.78 is 5.22. The number of hydrogen-bond donors (Lipinski definition) is 1. The summed E-state index contributed by atoms with van der Waals surface area (Å²) in [6.07, 6.45) is 1.30. The summed E-state index contributed by atoms with van der Waals surface area (Å²) in [6, 6.07) is 1.94. The number of nitrogens with two attached hydrogens (primary N) is 1. The molecule has 0 aromatic carbocycles. The predicted octanol–water partition coefficient (Wildman–Crippen LogP) is 0.755. The standard InChI is InChI=1S/C14H24N4O2/c1-3-12(15)9-14(19)18-6-4-17(5-7-18)10-13-8-11(2)16-20-13/h8,12H,3-7,9-10,15H2,1-2H3. The molecule has 0 spiro atoms. The first-order chi connectivity index (χ1) is 9.58. The molecule has 0 radical (unpaired) electrons. The van der Waals surface area contributed by atoms with E-state index in [0.29, 0.717) is 6.42 Å². The molecule has 1 aromatic heterocycles. The maximum atomic E-state index is 12.0. The molecule has 2 rings (SSSR count). The molecular weight excluding hydrogens is 256 g/mol. The van der Waals surface area contributed by atoms with Gasteiger partial charge < -0.3 is 15.2 Å². The molecular formula is C14H24N4O2. The van der Waals surface area contributed by atoms with Crippen molar-refractivity contribution in [1.82, 2.24) is 15.0 Å². The van der Waals surface area contributed by atoms with Gasteiger partial charge in [0.2, 0.25) is 5.91 Å². The Morgan fingerprint density at radius 3 is 2.70 bits per heavy atom. The van der Waals surface area contributed by atoms with Gasteiger partial charge in [0, 0.05) is 44.7 Å². The van der Waals surface area contributed by atoms with Gasteiger partial charge in [-0.15, -0.1) is 0 Å². The average Bonchev–Trinajstić information content (AvgIpc) is 2.84. The smallest absolute Gasteiger partial charge is 0.224 e. The number of hydrogen-bond acceptors (Lipinski definition) is 5. The lowest BCUT2D eigenvalue weighted by molar-refractivity contribution is -0.133. The lowest BCUT2D eigenvalue weighted by Gasteiger charge is -2.34. The van der Waals surface area contributed by atoms with Crippen molar-refractivity contribution in [3.8, 4) is 0 Å². The number of nitrogens with zero attached hydrogens (tertiary/aromatic N) is 3. The highest BCUT2D eigenvalue weighted by atomic mass is 16.5. The Balaban J connectivity index is 1.76.